The van der Waals surface area contributed by atoms with Gasteiger partial charge in [-0.1, -0.05) is 42.5 Å². The molecule has 5 heteroatoms. The fraction of sp³-hybridized carbons (Fsp3) is 0.450. The molecule has 5 rings (SSSR count). The Morgan fingerprint density at radius 2 is 1.64 bits per heavy atom. The standard InChI is InChI=1S/C20H22N2O3/c1-12(18(23)21-11-13-5-3-2-4-6-13)22-19(24)16-14-7-8-15(10-9-14)17(16)20(22)25/h2-8,12,14-17H,9-11H2,1H3,(H,21,23)/t12-,14-,15-,16-,17+/m0/s1. The first-order chi connectivity index (χ1) is 12.1. The van der Waals surface area contributed by atoms with Crippen molar-refractivity contribution in [2.75, 3.05) is 0 Å². The molecule has 1 saturated carbocycles. The highest BCUT2D eigenvalue weighted by atomic mass is 16.2. The molecule has 5 nitrogen and oxygen atoms in total. The summed E-state index contributed by atoms with van der Waals surface area (Å²) in [6.45, 7) is 2.03. The summed E-state index contributed by atoms with van der Waals surface area (Å²) in [6, 6.07) is 8.82. The molecule has 0 aromatic heterocycles. The number of allylic oxidation sites excluding steroid dienone is 2. The monoisotopic (exact) mass is 338 g/mol. The minimum atomic E-state index is -0.770. The van der Waals surface area contributed by atoms with E-state index in [1.54, 1.807) is 6.92 Å². The van der Waals surface area contributed by atoms with E-state index in [1.165, 1.54) is 4.90 Å². The lowest BCUT2D eigenvalue weighted by Crippen LogP contribution is -2.48. The van der Waals surface area contributed by atoms with Crippen molar-refractivity contribution in [3.05, 3.63) is 48.0 Å². The molecule has 1 N–H and O–H groups in total. The zero-order valence-corrected chi connectivity index (χ0v) is 14.2. The molecule has 2 fully saturated rings. The van der Waals surface area contributed by atoms with Crippen LogP contribution in [-0.2, 0) is 20.9 Å². The van der Waals surface area contributed by atoms with Crippen LogP contribution in [0.1, 0.15) is 25.3 Å². The molecule has 3 aliphatic carbocycles. The molecule has 4 aliphatic rings. The Kier molecular flexibility index (Phi) is 3.94. The van der Waals surface area contributed by atoms with Gasteiger partial charge in [0.2, 0.25) is 17.7 Å². The minimum Gasteiger partial charge on any atom is -0.350 e. The van der Waals surface area contributed by atoms with E-state index in [9.17, 15) is 14.4 Å². The lowest BCUT2D eigenvalue weighted by Gasteiger charge is -2.38. The second kappa shape index (κ2) is 6.14. The first-order valence-corrected chi connectivity index (χ1v) is 8.95. The van der Waals surface area contributed by atoms with Gasteiger partial charge in [-0.3, -0.25) is 19.3 Å². The normalized spacial score (nSPS) is 31.2. The van der Waals surface area contributed by atoms with Gasteiger partial charge in [0.25, 0.3) is 0 Å². The molecule has 1 heterocycles. The summed E-state index contributed by atoms with van der Waals surface area (Å²) < 4.78 is 0. The van der Waals surface area contributed by atoms with E-state index in [-0.39, 0.29) is 41.4 Å². The Morgan fingerprint density at radius 1 is 1.08 bits per heavy atom. The number of likely N-dealkylation sites (tertiary alicyclic amines) is 1. The smallest absolute Gasteiger partial charge is 0.243 e. The molecular formula is C20H22N2O3. The molecular weight excluding hydrogens is 316 g/mol. The molecule has 5 atom stereocenters. The number of imide groups is 1. The molecule has 3 amide bonds. The van der Waals surface area contributed by atoms with Crippen LogP contribution in [0, 0.1) is 23.7 Å². The van der Waals surface area contributed by atoms with Crippen LogP contribution in [0.15, 0.2) is 42.5 Å². The van der Waals surface area contributed by atoms with Crippen molar-refractivity contribution in [3.8, 4) is 0 Å². The van der Waals surface area contributed by atoms with E-state index in [4.69, 9.17) is 0 Å². The molecule has 0 unspecified atom stereocenters. The van der Waals surface area contributed by atoms with Gasteiger partial charge in [-0.25, -0.2) is 0 Å². The largest absolute Gasteiger partial charge is 0.350 e. The third-order valence-corrected chi connectivity index (χ3v) is 5.87. The molecule has 1 aromatic rings. The maximum Gasteiger partial charge on any atom is 0.243 e. The van der Waals surface area contributed by atoms with Gasteiger partial charge >= 0.3 is 0 Å². The highest BCUT2D eigenvalue weighted by molar-refractivity contribution is 6.08. The van der Waals surface area contributed by atoms with Gasteiger partial charge in [-0.05, 0) is 37.2 Å². The summed E-state index contributed by atoms with van der Waals surface area (Å²) in [5.74, 6) is -0.856. The Hall–Kier alpha value is -2.43. The average Bonchev–Trinajstić information content (AvgIpc) is 2.94. The summed E-state index contributed by atoms with van der Waals surface area (Å²) >= 11 is 0. The SMILES string of the molecule is C[C@@H](C(=O)NCc1ccccc1)N1C(=O)[C@@H]2[C@H](C1=O)[C@H]1C=C[C@H]2CC1. The Morgan fingerprint density at radius 3 is 2.16 bits per heavy atom. The Balaban J connectivity index is 1.47. The topological polar surface area (TPSA) is 66.5 Å². The first-order valence-electron chi connectivity index (χ1n) is 8.95. The van der Waals surface area contributed by atoms with Crippen molar-refractivity contribution in [1.82, 2.24) is 10.2 Å². The summed E-state index contributed by atoms with van der Waals surface area (Å²) in [5.41, 5.74) is 0.984. The third-order valence-electron chi connectivity index (χ3n) is 5.87. The van der Waals surface area contributed by atoms with E-state index >= 15 is 0 Å². The van der Waals surface area contributed by atoms with E-state index in [2.05, 4.69) is 17.5 Å². The molecule has 25 heavy (non-hydrogen) atoms. The number of nitrogens with zero attached hydrogens (tertiary/aromatic N) is 1. The average molecular weight is 338 g/mol. The van der Waals surface area contributed by atoms with Crippen LogP contribution in [0.3, 0.4) is 0 Å². The van der Waals surface area contributed by atoms with Gasteiger partial charge in [0.05, 0.1) is 11.8 Å². The number of hydrogen-bond donors (Lipinski definition) is 1. The highest BCUT2D eigenvalue weighted by Crippen LogP contribution is 2.49. The summed E-state index contributed by atoms with van der Waals surface area (Å²) in [7, 11) is 0. The van der Waals surface area contributed by atoms with Gasteiger partial charge in [-0.15, -0.1) is 0 Å². The maximum atomic E-state index is 12.9. The van der Waals surface area contributed by atoms with Crippen LogP contribution in [-0.4, -0.2) is 28.7 Å². The fourth-order valence-electron chi connectivity index (χ4n) is 4.53. The number of fused-ring (bicyclic) bond motifs is 1. The molecule has 130 valence electrons. The van der Waals surface area contributed by atoms with E-state index in [0.29, 0.717) is 6.54 Å². The number of benzene rings is 1. The second-order valence-electron chi connectivity index (χ2n) is 7.27. The van der Waals surface area contributed by atoms with Crippen molar-refractivity contribution < 1.29 is 14.4 Å². The molecule has 1 saturated heterocycles. The van der Waals surface area contributed by atoms with E-state index < -0.39 is 6.04 Å². The van der Waals surface area contributed by atoms with Crippen LogP contribution in [0.5, 0.6) is 0 Å². The predicted molar refractivity (Wildman–Crippen MR) is 91.9 cm³/mol. The van der Waals surface area contributed by atoms with Crippen LogP contribution in [0.4, 0.5) is 0 Å². The fourth-order valence-corrected chi connectivity index (χ4v) is 4.53. The summed E-state index contributed by atoms with van der Waals surface area (Å²) in [4.78, 5) is 39.4. The van der Waals surface area contributed by atoms with Gasteiger partial charge in [0.15, 0.2) is 0 Å². The van der Waals surface area contributed by atoms with Crippen molar-refractivity contribution in [3.63, 3.8) is 0 Å². The number of amides is 3. The van der Waals surface area contributed by atoms with Crippen molar-refractivity contribution in [1.29, 1.82) is 0 Å². The van der Waals surface area contributed by atoms with Crippen molar-refractivity contribution >= 4 is 17.7 Å². The Bertz CT molecular complexity index is 711. The Labute approximate surface area is 147 Å². The number of hydrogen-bond acceptors (Lipinski definition) is 3. The lowest BCUT2D eigenvalue weighted by atomic mass is 9.63. The number of nitrogens with one attached hydrogen (secondary N) is 1. The van der Waals surface area contributed by atoms with Crippen LogP contribution >= 0.6 is 0 Å². The van der Waals surface area contributed by atoms with Crippen LogP contribution < -0.4 is 5.32 Å². The first kappa shape index (κ1) is 16.1. The zero-order chi connectivity index (χ0) is 17.6. The van der Waals surface area contributed by atoms with Crippen molar-refractivity contribution in [2.24, 2.45) is 23.7 Å². The quantitative estimate of drug-likeness (QED) is 0.673. The van der Waals surface area contributed by atoms with Gasteiger partial charge < -0.3 is 5.32 Å². The number of rotatable bonds is 4. The molecule has 1 aliphatic heterocycles. The van der Waals surface area contributed by atoms with Gasteiger partial charge in [-0.2, -0.15) is 0 Å². The minimum absolute atomic E-state index is 0.149. The second-order valence-corrected chi connectivity index (χ2v) is 7.27. The van der Waals surface area contributed by atoms with Gasteiger partial charge in [0, 0.05) is 6.54 Å². The third kappa shape index (κ3) is 2.58. The van der Waals surface area contributed by atoms with Crippen LogP contribution in [0.2, 0.25) is 0 Å². The van der Waals surface area contributed by atoms with Crippen molar-refractivity contribution in [2.45, 2.75) is 32.4 Å². The number of carbonyl (C=O) groups is 3. The molecule has 0 spiro atoms. The maximum absolute atomic E-state index is 12.9. The lowest BCUT2D eigenvalue weighted by molar-refractivity contribution is -0.147. The highest BCUT2D eigenvalue weighted by Gasteiger charge is 2.58. The van der Waals surface area contributed by atoms with E-state index in [1.807, 2.05) is 30.3 Å². The number of carbonyl (C=O) groups excluding carboxylic acids is 3. The molecule has 2 bridgehead atoms. The zero-order valence-electron chi connectivity index (χ0n) is 14.2. The van der Waals surface area contributed by atoms with E-state index in [0.717, 1.165) is 18.4 Å². The summed E-state index contributed by atoms with van der Waals surface area (Å²) in [5, 5.41) is 2.84. The van der Waals surface area contributed by atoms with Crippen LogP contribution in [0.25, 0.3) is 0 Å². The predicted octanol–water partition coefficient (Wildman–Crippen LogP) is 1.89. The molecule has 1 aromatic carbocycles. The summed E-state index contributed by atoms with van der Waals surface area (Å²) in [6.07, 6.45) is 6.10. The van der Waals surface area contributed by atoms with Gasteiger partial charge in [0.1, 0.15) is 6.04 Å². The molecule has 0 radical (unpaired) electrons.